The number of carbonyl (C=O) groups excluding carboxylic acids is 1. The fourth-order valence-electron chi connectivity index (χ4n) is 1.92. The van der Waals surface area contributed by atoms with Gasteiger partial charge in [-0.15, -0.1) is 0 Å². The van der Waals surface area contributed by atoms with Gasteiger partial charge in [-0.25, -0.2) is 4.39 Å². The van der Waals surface area contributed by atoms with E-state index in [0.29, 0.717) is 13.1 Å². The molecule has 1 aromatic carbocycles. The van der Waals surface area contributed by atoms with E-state index in [2.05, 4.69) is 0 Å². The number of amides is 1. The Kier molecular flexibility index (Phi) is 3.27. The van der Waals surface area contributed by atoms with Gasteiger partial charge in [0.2, 0.25) is 0 Å². The Morgan fingerprint density at radius 1 is 1.35 bits per heavy atom. The first-order valence-corrected chi connectivity index (χ1v) is 5.79. The fraction of sp³-hybridized carbons (Fsp3) is 0.357. The van der Waals surface area contributed by atoms with E-state index in [1.165, 1.54) is 11.6 Å². The molecule has 90 valence electrons. The number of aryl methyl sites for hydroxylation is 1. The smallest absolute Gasteiger partial charge is 0.257 e. The van der Waals surface area contributed by atoms with Crippen LogP contribution in [0.3, 0.4) is 0 Å². The zero-order valence-corrected chi connectivity index (χ0v) is 10.2. The average molecular weight is 233 g/mol. The second-order valence-electron chi connectivity index (χ2n) is 4.53. The van der Waals surface area contributed by atoms with Crippen LogP contribution in [0.25, 0.3) is 0 Å². The SMILES string of the molecule is CC1=CCN(C(=O)c2ccc(C)cc2F)CC1. The van der Waals surface area contributed by atoms with E-state index in [4.69, 9.17) is 0 Å². The minimum Gasteiger partial charge on any atom is -0.335 e. The second kappa shape index (κ2) is 4.70. The summed E-state index contributed by atoms with van der Waals surface area (Å²) < 4.78 is 13.7. The van der Waals surface area contributed by atoms with Gasteiger partial charge < -0.3 is 4.90 Å². The Balaban J connectivity index is 2.20. The van der Waals surface area contributed by atoms with Crippen LogP contribution in [0.15, 0.2) is 29.8 Å². The maximum atomic E-state index is 13.7. The van der Waals surface area contributed by atoms with Crippen LogP contribution in [-0.2, 0) is 0 Å². The van der Waals surface area contributed by atoms with Gasteiger partial charge in [0.1, 0.15) is 5.82 Å². The van der Waals surface area contributed by atoms with E-state index < -0.39 is 5.82 Å². The summed E-state index contributed by atoms with van der Waals surface area (Å²) in [7, 11) is 0. The molecule has 0 spiro atoms. The molecule has 0 saturated carbocycles. The largest absolute Gasteiger partial charge is 0.335 e. The highest BCUT2D eigenvalue weighted by molar-refractivity contribution is 5.94. The molecule has 3 heteroatoms. The van der Waals surface area contributed by atoms with Crippen LogP contribution in [0.5, 0.6) is 0 Å². The zero-order valence-electron chi connectivity index (χ0n) is 10.2. The number of nitrogens with zero attached hydrogens (tertiary/aromatic N) is 1. The first-order valence-electron chi connectivity index (χ1n) is 5.79. The molecule has 1 aromatic rings. The lowest BCUT2D eigenvalue weighted by atomic mass is 10.1. The Bertz CT molecular complexity index is 479. The van der Waals surface area contributed by atoms with Gasteiger partial charge in [0.05, 0.1) is 5.56 Å². The molecule has 0 bridgehead atoms. The maximum Gasteiger partial charge on any atom is 0.257 e. The standard InChI is InChI=1S/C14H16FNO/c1-10-5-7-16(8-6-10)14(17)12-4-3-11(2)9-13(12)15/h3-5,9H,6-8H2,1-2H3. The lowest BCUT2D eigenvalue weighted by Crippen LogP contribution is -2.35. The van der Waals surface area contributed by atoms with Crippen molar-refractivity contribution in [1.29, 1.82) is 0 Å². The first kappa shape index (κ1) is 11.8. The molecular weight excluding hydrogens is 217 g/mol. The molecule has 1 aliphatic heterocycles. The number of rotatable bonds is 1. The third kappa shape index (κ3) is 2.54. The number of halogens is 1. The molecule has 2 rings (SSSR count). The van der Waals surface area contributed by atoms with Gasteiger partial charge in [0.15, 0.2) is 0 Å². The highest BCUT2D eigenvalue weighted by Crippen LogP contribution is 2.16. The summed E-state index contributed by atoms with van der Waals surface area (Å²) in [5.41, 5.74) is 2.29. The van der Waals surface area contributed by atoms with Crippen LogP contribution in [0.2, 0.25) is 0 Å². The van der Waals surface area contributed by atoms with Crippen molar-refractivity contribution in [1.82, 2.24) is 4.90 Å². The van der Waals surface area contributed by atoms with Crippen molar-refractivity contribution in [3.8, 4) is 0 Å². The summed E-state index contributed by atoms with van der Waals surface area (Å²) >= 11 is 0. The topological polar surface area (TPSA) is 20.3 Å². The van der Waals surface area contributed by atoms with Crippen LogP contribution in [0.4, 0.5) is 4.39 Å². The molecule has 0 N–H and O–H groups in total. The van der Waals surface area contributed by atoms with E-state index in [1.807, 2.05) is 19.9 Å². The normalized spacial score (nSPS) is 15.7. The van der Waals surface area contributed by atoms with E-state index >= 15 is 0 Å². The summed E-state index contributed by atoms with van der Waals surface area (Å²) in [5, 5.41) is 0. The average Bonchev–Trinajstić information content (AvgIpc) is 2.29. The Hall–Kier alpha value is -1.64. The number of benzene rings is 1. The molecule has 1 heterocycles. The minimum absolute atomic E-state index is 0.170. The van der Waals surface area contributed by atoms with Crippen LogP contribution in [0, 0.1) is 12.7 Å². The van der Waals surface area contributed by atoms with Gasteiger partial charge in [-0.1, -0.05) is 17.7 Å². The van der Waals surface area contributed by atoms with Gasteiger partial charge in [0, 0.05) is 13.1 Å². The summed E-state index contributed by atoms with van der Waals surface area (Å²) in [4.78, 5) is 13.8. The van der Waals surface area contributed by atoms with Crippen molar-refractivity contribution in [3.05, 3.63) is 46.8 Å². The third-order valence-corrected chi connectivity index (χ3v) is 3.08. The van der Waals surface area contributed by atoms with Gasteiger partial charge in [-0.05, 0) is 38.0 Å². The van der Waals surface area contributed by atoms with Crippen molar-refractivity contribution >= 4 is 5.91 Å². The second-order valence-corrected chi connectivity index (χ2v) is 4.53. The van der Waals surface area contributed by atoms with Gasteiger partial charge >= 0.3 is 0 Å². The van der Waals surface area contributed by atoms with E-state index in [9.17, 15) is 9.18 Å². The molecule has 1 aliphatic rings. The Labute approximate surface area is 101 Å². The number of hydrogen-bond donors (Lipinski definition) is 0. The predicted octanol–water partition coefficient (Wildman–Crippen LogP) is 2.93. The van der Waals surface area contributed by atoms with E-state index in [0.717, 1.165) is 12.0 Å². The number of hydrogen-bond acceptors (Lipinski definition) is 1. The third-order valence-electron chi connectivity index (χ3n) is 3.08. The highest BCUT2D eigenvalue weighted by atomic mass is 19.1. The minimum atomic E-state index is -0.429. The summed E-state index contributed by atoms with van der Waals surface area (Å²) in [6, 6.07) is 4.73. The molecule has 0 atom stereocenters. The monoisotopic (exact) mass is 233 g/mol. The molecule has 0 radical (unpaired) electrons. The van der Waals surface area contributed by atoms with Crippen molar-refractivity contribution < 1.29 is 9.18 Å². The molecule has 1 amide bonds. The van der Waals surface area contributed by atoms with Crippen molar-refractivity contribution in [3.63, 3.8) is 0 Å². The quantitative estimate of drug-likeness (QED) is 0.683. The molecule has 0 unspecified atom stereocenters. The van der Waals surface area contributed by atoms with E-state index in [1.54, 1.807) is 17.0 Å². The molecule has 0 fully saturated rings. The summed E-state index contributed by atoms with van der Waals surface area (Å²) in [5.74, 6) is -0.646. The van der Waals surface area contributed by atoms with Crippen molar-refractivity contribution in [2.75, 3.05) is 13.1 Å². The molecule has 17 heavy (non-hydrogen) atoms. The van der Waals surface area contributed by atoms with Crippen LogP contribution in [-0.4, -0.2) is 23.9 Å². The summed E-state index contributed by atoms with van der Waals surface area (Å²) in [6.07, 6.45) is 2.90. The first-order chi connectivity index (χ1) is 8.08. The van der Waals surface area contributed by atoms with Gasteiger partial charge in [0.25, 0.3) is 5.91 Å². The highest BCUT2D eigenvalue weighted by Gasteiger charge is 2.20. The summed E-state index contributed by atoms with van der Waals surface area (Å²) in [6.45, 7) is 5.12. The zero-order chi connectivity index (χ0) is 12.4. The van der Waals surface area contributed by atoms with Gasteiger partial charge in [-0.2, -0.15) is 0 Å². The van der Waals surface area contributed by atoms with E-state index in [-0.39, 0.29) is 11.5 Å². The molecule has 0 saturated heterocycles. The van der Waals surface area contributed by atoms with Crippen LogP contribution >= 0.6 is 0 Å². The predicted molar refractivity (Wildman–Crippen MR) is 65.4 cm³/mol. The van der Waals surface area contributed by atoms with Crippen LogP contribution < -0.4 is 0 Å². The lowest BCUT2D eigenvalue weighted by molar-refractivity contribution is 0.0764. The molecule has 0 aromatic heterocycles. The Morgan fingerprint density at radius 2 is 2.12 bits per heavy atom. The molecule has 0 aliphatic carbocycles. The van der Waals surface area contributed by atoms with Crippen molar-refractivity contribution in [2.45, 2.75) is 20.3 Å². The van der Waals surface area contributed by atoms with Crippen molar-refractivity contribution in [2.24, 2.45) is 0 Å². The van der Waals surface area contributed by atoms with Gasteiger partial charge in [-0.3, -0.25) is 4.79 Å². The lowest BCUT2D eigenvalue weighted by Gasteiger charge is -2.25. The number of carbonyl (C=O) groups is 1. The van der Waals surface area contributed by atoms with Crippen LogP contribution in [0.1, 0.15) is 29.3 Å². The molecular formula is C14H16FNO. The molecule has 2 nitrogen and oxygen atoms in total. The maximum absolute atomic E-state index is 13.7. The fourth-order valence-corrected chi connectivity index (χ4v) is 1.92. The Morgan fingerprint density at radius 3 is 2.71 bits per heavy atom.